The van der Waals surface area contributed by atoms with E-state index in [2.05, 4.69) is 15.0 Å². The molecule has 0 unspecified atom stereocenters. The number of nitrogens with zero attached hydrogens (tertiary/aromatic N) is 4. The maximum Gasteiger partial charge on any atom is 0.416 e. The third-order valence-corrected chi connectivity index (χ3v) is 5.66. The van der Waals surface area contributed by atoms with Crippen LogP contribution < -0.4 is 0 Å². The fourth-order valence-electron chi connectivity index (χ4n) is 2.45. The summed E-state index contributed by atoms with van der Waals surface area (Å²) in [5.74, 6) is -0.198. The lowest BCUT2D eigenvalue weighted by molar-refractivity contribution is -0.137. The standard InChI is InChI=1S/C18H17F3N4O3S/c1-4-29(26,27)14-7-8-15(22-10-25(2)3)24-16(14)17-23-12-9-11(18(19,20)21)5-6-13(12)28-17/h5-10H,4H2,1-3H3. The molecular formula is C18H17F3N4O3S. The number of hydrogen-bond donors (Lipinski definition) is 0. The van der Waals surface area contributed by atoms with Crippen LogP contribution in [0.1, 0.15) is 12.5 Å². The molecule has 11 heteroatoms. The summed E-state index contributed by atoms with van der Waals surface area (Å²) in [7, 11) is -0.200. The number of rotatable bonds is 5. The third kappa shape index (κ3) is 4.39. The highest BCUT2D eigenvalue weighted by atomic mass is 32.2. The lowest BCUT2D eigenvalue weighted by atomic mass is 10.2. The van der Waals surface area contributed by atoms with Crippen molar-refractivity contribution >= 4 is 33.1 Å². The van der Waals surface area contributed by atoms with Crippen molar-refractivity contribution in [1.82, 2.24) is 14.9 Å². The Morgan fingerprint density at radius 3 is 2.52 bits per heavy atom. The van der Waals surface area contributed by atoms with Gasteiger partial charge in [-0.1, -0.05) is 6.92 Å². The van der Waals surface area contributed by atoms with Crippen LogP contribution in [0, 0.1) is 0 Å². The average Bonchev–Trinajstić information content (AvgIpc) is 3.08. The minimum atomic E-state index is -4.54. The lowest BCUT2D eigenvalue weighted by Gasteiger charge is -2.07. The lowest BCUT2D eigenvalue weighted by Crippen LogP contribution is -2.08. The Kier molecular flexibility index (Phi) is 5.35. The first-order valence-corrected chi connectivity index (χ1v) is 10.1. The largest absolute Gasteiger partial charge is 0.435 e. The molecule has 0 amide bonds. The molecule has 0 aliphatic heterocycles. The van der Waals surface area contributed by atoms with Gasteiger partial charge in [-0.05, 0) is 30.3 Å². The Morgan fingerprint density at radius 1 is 1.17 bits per heavy atom. The summed E-state index contributed by atoms with van der Waals surface area (Å²) in [5, 5.41) is 0. The quantitative estimate of drug-likeness (QED) is 0.454. The van der Waals surface area contributed by atoms with Crippen LogP contribution in [-0.4, -0.2) is 49.5 Å². The summed E-state index contributed by atoms with van der Waals surface area (Å²) in [6.45, 7) is 1.47. The van der Waals surface area contributed by atoms with Crippen molar-refractivity contribution in [3.8, 4) is 11.6 Å². The molecule has 3 rings (SSSR count). The summed E-state index contributed by atoms with van der Waals surface area (Å²) < 4.78 is 69.3. The molecule has 2 aromatic heterocycles. The normalized spacial score (nSPS) is 12.8. The van der Waals surface area contributed by atoms with Crippen LogP contribution in [0.5, 0.6) is 0 Å². The number of sulfone groups is 1. The molecule has 154 valence electrons. The SMILES string of the molecule is CCS(=O)(=O)c1ccc(N=CN(C)C)nc1-c1nc2cc(C(F)(F)F)ccc2o1. The van der Waals surface area contributed by atoms with Gasteiger partial charge in [0.2, 0.25) is 5.89 Å². The van der Waals surface area contributed by atoms with E-state index < -0.39 is 21.6 Å². The molecule has 3 aromatic rings. The van der Waals surface area contributed by atoms with Crippen LogP contribution in [0.3, 0.4) is 0 Å². The molecule has 2 heterocycles. The summed E-state index contributed by atoms with van der Waals surface area (Å²) in [6, 6.07) is 5.60. The number of hydrogen-bond acceptors (Lipinski definition) is 6. The van der Waals surface area contributed by atoms with E-state index >= 15 is 0 Å². The number of aromatic nitrogens is 2. The maximum atomic E-state index is 12.9. The zero-order valence-electron chi connectivity index (χ0n) is 15.7. The molecule has 0 fully saturated rings. The van der Waals surface area contributed by atoms with Gasteiger partial charge >= 0.3 is 6.18 Å². The van der Waals surface area contributed by atoms with Crippen LogP contribution in [0.4, 0.5) is 19.0 Å². The number of halogens is 3. The highest BCUT2D eigenvalue weighted by Crippen LogP contribution is 2.34. The van der Waals surface area contributed by atoms with Gasteiger partial charge in [0.15, 0.2) is 21.2 Å². The van der Waals surface area contributed by atoms with Crippen LogP contribution in [-0.2, 0) is 16.0 Å². The van der Waals surface area contributed by atoms with Gasteiger partial charge in [-0.25, -0.2) is 23.4 Å². The number of aliphatic imine (C=N–C) groups is 1. The molecule has 0 aliphatic rings. The van der Waals surface area contributed by atoms with Gasteiger partial charge in [0.05, 0.1) is 22.6 Å². The molecular weight excluding hydrogens is 409 g/mol. The highest BCUT2D eigenvalue weighted by Gasteiger charge is 2.31. The maximum absolute atomic E-state index is 12.9. The molecule has 7 nitrogen and oxygen atoms in total. The third-order valence-electron chi connectivity index (χ3n) is 3.90. The highest BCUT2D eigenvalue weighted by molar-refractivity contribution is 7.91. The number of benzene rings is 1. The summed E-state index contributed by atoms with van der Waals surface area (Å²) in [5.41, 5.74) is -0.968. The van der Waals surface area contributed by atoms with Crippen molar-refractivity contribution in [2.24, 2.45) is 4.99 Å². The minimum Gasteiger partial charge on any atom is -0.435 e. The second-order valence-corrected chi connectivity index (χ2v) is 8.57. The van der Waals surface area contributed by atoms with Crippen molar-refractivity contribution in [1.29, 1.82) is 0 Å². The van der Waals surface area contributed by atoms with E-state index in [4.69, 9.17) is 4.42 Å². The number of alkyl halides is 3. The van der Waals surface area contributed by atoms with Crippen LogP contribution in [0.15, 0.2) is 44.6 Å². The molecule has 0 radical (unpaired) electrons. The number of pyridine rings is 1. The van der Waals surface area contributed by atoms with E-state index in [0.29, 0.717) is 0 Å². The Balaban J connectivity index is 2.20. The summed E-state index contributed by atoms with van der Waals surface area (Å²) in [4.78, 5) is 13.9. The van der Waals surface area contributed by atoms with E-state index in [0.717, 1.165) is 18.2 Å². The number of fused-ring (bicyclic) bond motifs is 1. The Morgan fingerprint density at radius 2 is 1.90 bits per heavy atom. The topological polar surface area (TPSA) is 88.7 Å². The van der Waals surface area contributed by atoms with Crippen LogP contribution >= 0.6 is 0 Å². The van der Waals surface area contributed by atoms with Gasteiger partial charge in [-0.15, -0.1) is 0 Å². The first-order valence-electron chi connectivity index (χ1n) is 8.44. The first-order chi connectivity index (χ1) is 13.5. The molecule has 1 aromatic carbocycles. The van der Waals surface area contributed by atoms with Crippen molar-refractivity contribution in [3.05, 3.63) is 35.9 Å². The fourth-order valence-corrected chi connectivity index (χ4v) is 3.46. The van der Waals surface area contributed by atoms with E-state index in [9.17, 15) is 21.6 Å². The summed E-state index contributed by atoms with van der Waals surface area (Å²) in [6.07, 6.45) is -3.06. The van der Waals surface area contributed by atoms with Gasteiger partial charge in [-0.3, -0.25) is 0 Å². The van der Waals surface area contributed by atoms with E-state index in [1.54, 1.807) is 19.0 Å². The van der Waals surface area contributed by atoms with Crippen molar-refractivity contribution < 1.29 is 26.0 Å². The molecule has 0 atom stereocenters. The number of oxazole rings is 1. The molecule has 0 bridgehead atoms. The predicted octanol–water partition coefficient (Wildman–Crippen LogP) is 3.92. The van der Waals surface area contributed by atoms with E-state index in [1.165, 1.54) is 25.4 Å². The molecule has 0 aliphatic carbocycles. The fraction of sp³-hybridized carbons (Fsp3) is 0.278. The predicted molar refractivity (Wildman–Crippen MR) is 102 cm³/mol. The Bertz CT molecular complexity index is 1180. The van der Waals surface area contributed by atoms with Crippen molar-refractivity contribution in [2.75, 3.05) is 19.8 Å². The first kappa shape index (κ1) is 20.8. The van der Waals surface area contributed by atoms with Gasteiger partial charge < -0.3 is 9.32 Å². The van der Waals surface area contributed by atoms with Crippen molar-refractivity contribution in [3.63, 3.8) is 0 Å². The molecule has 0 saturated carbocycles. The average molecular weight is 426 g/mol. The Labute approximate surface area is 164 Å². The van der Waals surface area contributed by atoms with Crippen LogP contribution in [0.25, 0.3) is 22.7 Å². The Hall–Kier alpha value is -2.95. The van der Waals surface area contributed by atoms with E-state index in [-0.39, 0.29) is 39.2 Å². The van der Waals surface area contributed by atoms with E-state index in [1.807, 2.05) is 0 Å². The zero-order chi connectivity index (χ0) is 21.4. The monoisotopic (exact) mass is 426 g/mol. The van der Waals surface area contributed by atoms with Gasteiger partial charge in [0, 0.05) is 14.1 Å². The molecule has 0 N–H and O–H groups in total. The van der Waals surface area contributed by atoms with Gasteiger partial charge in [-0.2, -0.15) is 13.2 Å². The molecule has 0 spiro atoms. The smallest absolute Gasteiger partial charge is 0.416 e. The molecule has 29 heavy (non-hydrogen) atoms. The van der Waals surface area contributed by atoms with Crippen LogP contribution in [0.2, 0.25) is 0 Å². The minimum absolute atomic E-state index is 0.0568. The van der Waals surface area contributed by atoms with Gasteiger partial charge in [0.1, 0.15) is 11.2 Å². The second-order valence-electron chi connectivity index (χ2n) is 6.33. The van der Waals surface area contributed by atoms with Crippen molar-refractivity contribution in [2.45, 2.75) is 18.0 Å². The zero-order valence-corrected chi connectivity index (χ0v) is 16.5. The summed E-state index contributed by atoms with van der Waals surface area (Å²) >= 11 is 0. The molecule has 0 saturated heterocycles. The second kappa shape index (κ2) is 7.47. The van der Waals surface area contributed by atoms with Gasteiger partial charge in [0.25, 0.3) is 0 Å².